The molecule has 0 unspecified atom stereocenters. The number of rotatable bonds is 5. The molecule has 10 heavy (non-hydrogen) atoms. The molecule has 0 amide bonds. The van der Waals surface area contributed by atoms with Gasteiger partial charge in [-0.2, -0.15) is 5.26 Å². The number of hydrogen-bond donors (Lipinski definition) is 2. The van der Waals surface area contributed by atoms with E-state index in [0.717, 1.165) is 0 Å². The lowest BCUT2D eigenvalue weighted by Gasteiger charge is -2.06. The summed E-state index contributed by atoms with van der Waals surface area (Å²) in [7, 11) is 0. The number of nitriles is 1. The second-order valence-corrected chi connectivity index (χ2v) is 1.72. The van der Waals surface area contributed by atoms with E-state index >= 15 is 0 Å². The van der Waals surface area contributed by atoms with Crippen LogP contribution in [0.1, 0.15) is 6.42 Å². The Balaban J connectivity index is 3.33. The Labute approximate surface area is 59.7 Å². The number of hydrogen-bond acceptors (Lipinski definition) is 4. The predicted octanol–water partition coefficient (Wildman–Crippen LogP) is -0.730. The Hall–Kier alpha value is -0.630. The first-order valence-electron chi connectivity index (χ1n) is 3.08. The van der Waals surface area contributed by atoms with Crippen LogP contribution in [0, 0.1) is 11.3 Å². The molecule has 4 nitrogen and oxygen atoms in total. The smallest absolute Gasteiger partial charge is 0.146 e. The van der Waals surface area contributed by atoms with Gasteiger partial charge in [0.1, 0.15) is 6.10 Å². The van der Waals surface area contributed by atoms with E-state index in [0.29, 0.717) is 6.42 Å². The van der Waals surface area contributed by atoms with Gasteiger partial charge in [0.2, 0.25) is 0 Å². The summed E-state index contributed by atoms with van der Waals surface area (Å²) in [5, 5.41) is 25.0. The van der Waals surface area contributed by atoms with E-state index < -0.39 is 6.10 Å². The molecule has 0 aliphatic rings. The Bertz CT molecular complexity index is 110. The Morgan fingerprint density at radius 2 is 2.10 bits per heavy atom. The SMILES string of the molecule is N#C[C@@H](CCO)OCCO. The fourth-order valence-corrected chi connectivity index (χ4v) is 0.497. The van der Waals surface area contributed by atoms with Crippen molar-refractivity contribution in [3.63, 3.8) is 0 Å². The summed E-state index contributed by atoms with van der Waals surface area (Å²) in [5.74, 6) is 0. The van der Waals surface area contributed by atoms with Crippen LogP contribution in [0.4, 0.5) is 0 Å². The second-order valence-electron chi connectivity index (χ2n) is 1.72. The molecule has 58 valence electrons. The molecule has 0 fully saturated rings. The van der Waals surface area contributed by atoms with Crippen molar-refractivity contribution >= 4 is 0 Å². The first-order chi connectivity index (χ1) is 4.85. The van der Waals surface area contributed by atoms with Gasteiger partial charge in [-0.3, -0.25) is 0 Å². The van der Waals surface area contributed by atoms with Gasteiger partial charge in [-0.1, -0.05) is 0 Å². The van der Waals surface area contributed by atoms with Crippen LogP contribution < -0.4 is 0 Å². The van der Waals surface area contributed by atoms with Crippen LogP contribution in [-0.4, -0.2) is 36.1 Å². The largest absolute Gasteiger partial charge is 0.396 e. The Morgan fingerprint density at radius 3 is 2.50 bits per heavy atom. The quantitative estimate of drug-likeness (QED) is 0.535. The topological polar surface area (TPSA) is 73.5 Å². The monoisotopic (exact) mass is 145 g/mol. The molecule has 0 radical (unpaired) electrons. The molecule has 0 bridgehead atoms. The third kappa shape index (κ3) is 4.27. The van der Waals surface area contributed by atoms with Gasteiger partial charge in [0.25, 0.3) is 0 Å². The summed E-state index contributed by atoms with van der Waals surface area (Å²) in [6.07, 6.45) is -0.284. The van der Waals surface area contributed by atoms with Crippen molar-refractivity contribution in [1.82, 2.24) is 0 Å². The minimum atomic E-state index is -0.586. The highest BCUT2D eigenvalue weighted by Crippen LogP contribution is 1.94. The molecule has 0 aromatic heterocycles. The Morgan fingerprint density at radius 1 is 1.40 bits per heavy atom. The summed E-state index contributed by atoms with van der Waals surface area (Å²) >= 11 is 0. The fraction of sp³-hybridized carbons (Fsp3) is 0.833. The van der Waals surface area contributed by atoms with Crippen LogP contribution in [0.15, 0.2) is 0 Å². The summed E-state index contributed by atoms with van der Waals surface area (Å²) in [6, 6.07) is 1.84. The standard InChI is InChI=1S/C6H11NO3/c7-5-6(1-2-8)10-4-3-9/h6,8-9H,1-4H2/t6-/m1/s1. The molecule has 1 atom stereocenters. The van der Waals surface area contributed by atoms with E-state index in [1.165, 1.54) is 0 Å². The van der Waals surface area contributed by atoms with Crippen molar-refractivity contribution in [3.8, 4) is 6.07 Å². The third-order valence-electron chi connectivity index (χ3n) is 0.946. The molecule has 2 N–H and O–H groups in total. The first-order valence-corrected chi connectivity index (χ1v) is 3.08. The van der Waals surface area contributed by atoms with Crippen LogP contribution in [0.2, 0.25) is 0 Å². The molecule has 0 saturated carbocycles. The van der Waals surface area contributed by atoms with E-state index in [-0.39, 0.29) is 19.8 Å². The predicted molar refractivity (Wildman–Crippen MR) is 34.1 cm³/mol. The van der Waals surface area contributed by atoms with Gasteiger partial charge in [0, 0.05) is 13.0 Å². The highest BCUT2D eigenvalue weighted by Gasteiger charge is 2.04. The normalized spacial score (nSPS) is 12.5. The average molecular weight is 145 g/mol. The van der Waals surface area contributed by atoms with Crippen molar-refractivity contribution in [1.29, 1.82) is 5.26 Å². The average Bonchev–Trinajstić information content (AvgIpc) is 1.98. The summed E-state index contributed by atoms with van der Waals surface area (Å²) in [4.78, 5) is 0. The van der Waals surface area contributed by atoms with Gasteiger partial charge < -0.3 is 14.9 Å². The van der Waals surface area contributed by atoms with Crippen LogP contribution in [0.25, 0.3) is 0 Å². The van der Waals surface area contributed by atoms with Gasteiger partial charge in [-0.25, -0.2) is 0 Å². The summed E-state index contributed by atoms with van der Waals surface area (Å²) in [6.45, 7) is -0.00844. The molecule has 0 rings (SSSR count). The lowest BCUT2D eigenvalue weighted by Crippen LogP contribution is -2.14. The van der Waals surface area contributed by atoms with Gasteiger partial charge >= 0.3 is 0 Å². The maximum Gasteiger partial charge on any atom is 0.146 e. The van der Waals surface area contributed by atoms with Crippen molar-refractivity contribution in [3.05, 3.63) is 0 Å². The maximum atomic E-state index is 8.37. The molecule has 0 heterocycles. The van der Waals surface area contributed by atoms with Gasteiger partial charge in [0.15, 0.2) is 0 Å². The molecule has 4 heteroatoms. The minimum Gasteiger partial charge on any atom is -0.396 e. The van der Waals surface area contributed by atoms with Gasteiger partial charge in [-0.15, -0.1) is 0 Å². The second kappa shape index (κ2) is 6.49. The maximum absolute atomic E-state index is 8.37. The van der Waals surface area contributed by atoms with Crippen molar-refractivity contribution < 1.29 is 14.9 Å². The molecular formula is C6H11NO3. The summed E-state index contributed by atoms with van der Waals surface area (Å²) in [5.41, 5.74) is 0. The molecular weight excluding hydrogens is 134 g/mol. The van der Waals surface area contributed by atoms with E-state index in [1.54, 1.807) is 0 Å². The Kier molecular flexibility index (Phi) is 6.08. The minimum absolute atomic E-state index is 0.0658. The van der Waals surface area contributed by atoms with Crippen LogP contribution in [0.5, 0.6) is 0 Å². The molecule has 0 aliphatic heterocycles. The van der Waals surface area contributed by atoms with E-state index in [2.05, 4.69) is 0 Å². The number of nitrogens with zero attached hydrogens (tertiary/aromatic N) is 1. The fourth-order valence-electron chi connectivity index (χ4n) is 0.497. The lowest BCUT2D eigenvalue weighted by molar-refractivity contribution is 0.0450. The van der Waals surface area contributed by atoms with Gasteiger partial charge in [-0.05, 0) is 0 Å². The van der Waals surface area contributed by atoms with Gasteiger partial charge in [0.05, 0.1) is 19.3 Å². The van der Waals surface area contributed by atoms with Crippen molar-refractivity contribution in [2.24, 2.45) is 0 Å². The van der Waals surface area contributed by atoms with E-state index in [1.807, 2.05) is 6.07 Å². The molecule has 0 aromatic rings. The van der Waals surface area contributed by atoms with Crippen LogP contribution in [-0.2, 0) is 4.74 Å². The zero-order valence-corrected chi connectivity index (χ0v) is 5.66. The molecule has 0 saturated heterocycles. The molecule has 0 aromatic carbocycles. The molecule has 0 aliphatic carbocycles. The first kappa shape index (κ1) is 9.37. The molecule has 0 spiro atoms. The lowest BCUT2D eigenvalue weighted by atomic mass is 10.3. The zero-order valence-electron chi connectivity index (χ0n) is 5.66. The van der Waals surface area contributed by atoms with Crippen LogP contribution in [0.3, 0.4) is 0 Å². The number of aliphatic hydroxyl groups is 2. The van der Waals surface area contributed by atoms with Crippen LogP contribution >= 0.6 is 0 Å². The van der Waals surface area contributed by atoms with E-state index in [9.17, 15) is 0 Å². The highest BCUT2D eigenvalue weighted by molar-refractivity contribution is 4.83. The third-order valence-corrected chi connectivity index (χ3v) is 0.946. The van der Waals surface area contributed by atoms with E-state index in [4.69, 9.17) is 20.2 Å². The summed E-state index contributed by atoms with van der Waals surface area (Å²) < 4.78 is 4.81. The van der Waals surface area contributed by atoms with Crippen molar-refractivity contribution in [2.75, 3.05) is 19.8 Å². The zero-order chi connectivity index (χ0) is 7.82. The number of ether oxygens (including phenoxy) is 1. The number of aliphatic hydroxyl groups excluding tert-OH is 2. The highest BCUT2D eigenvalue weighted by atomic mass is 16.5. The van der Waals surface area contributed by atoms with Crippen molar-refractivity contribution in [2.45, 2.75) is 12.5 Å².